The molecule has 1 aromatic carbocycles. The zero-order chi connectivity index (χ0) is 38.6. The molecule has 0 amide bonds. The Labute approximate surface area is 296 Å². The number of nitrogens with zero attached hydrogens (tertiary/aromatic N) is 8. The van der Waals surface area contributed by atoms with Crippen molar-refractivity contribution >= 4 is 43.7 Å². The van der Waals surface area contributed by atoms with Gasteiger partial charge in [0.05, 0.1) is 43.1 Å². The quantitative estimate of drug-likeness (QED) is 0.0491. The topological polar surface area (TPSA) is 372 Å². The molecule has 26 heteroatoms. The molecule has 9 atom stereocenters. The molecule has 0 aliphatic carbocycles. The summed E-state index contributed by atoms with van der Waals surface area (Å²) in [7, 11) is -11.7. The third-order valence-corrected chi connectivity index (χ3v) is 10.9. The number of phosphoric acid groups is 2. The van der Waals surface area contributed by atoms with Crippen molar-refractivity contribution in [2.45, 2.75) is 63.2 Å². The summed E-state index contributed by atoms with van der Waals surface area (Å²) in [5, 5.41) is 64.8. The molecule has 1 fully saturated rings. The van der Waals surface area contributed by atoms with Gasteiger partial charge in [-0.1, -0.05) is 0 Å². The maximum absolute atomic E-state index is 12.4. The maximum Gasteiger partial charge on any atom is 0.300 e. The number of benzene rings is 1. The minimum atomic E-state index is -5.86. The molecule has 1 saturated heterocycles. The van der Waals surface area contributed by atoms with Crippen LogP contribution in [0.4, 0.5) is 5.82 Å². The number of anilines is 1. The van der Waals surface area contributed by atoms with Crippen LogP contribution in [0.1, 0.15) is 17.4 Å². The van der Waals surface area contributed by atoms with Gasteiger partial charge < -0.3 is 64.5 Å². The maximum atomic E-state index is 12.4. The fourth-order valence-corrected chi connectivity index (χ4v) is 7.53. The zero-order valence-electron chi connectivity index (χ0n) is 27.3. The van der Waals surface area contributed by atoms with E-state index in [2.05, 4.69) is 43.3 Å². The highest BCUT2D eigenvalue weighted by atomic mass is 31.3. The van der Waals surface area contributed by atoms with Crippen molar-refractivity contribution in [2.75, 3.05) is 18.9 Å². The van der Waals surface area contributed by atoms with Gasteiger partial charge in [-0.05, 0) is 37.1 Å². The van der Waals surface area contributed by atoms with Crippen LogP contribution in [0.3, 0.4) is 0 Å². The lowest BCUT2D eigenvalue weighted by Crippen LogP contribution is -2.42. The van der Waals surface area contributed by atoms with Crippen LogP contribution in [0.5, 0.6) is 6.01 Å². The van der Waals surface area contributed by atoms with Gasteiger partial charge in [0.15, 0.2) is 29.2 Å². The second-order valence-corrected chi connectivity index (χ2v) is 14.9. The number of imidazole rings is 1. The molecule has 0 radical (unpaired) electrons. The van der Waals surface area contributed by atoms with E-state index >= 15 is 0 Å². The summed E-state index contributed by atoms with van der Waals surface area (Å²) in [6, 6.07) is 2.10. The first-order valence-corrected chi connectivity index (χ1v) is 18.3. The number of hydrogen-bond acceptors (Lipinski definition) is 22. The lowest BCUT2D eigenvalue weighted by Gasteiger charge is -2.32. The molecule has 3 aliphatic rings. The Morgan fingerprint density at radius 3 is 2.42 bits per heavy atom. The highest BCUT2D eigenvalue weighted by Gasteiger charge is 2.45. The SMILES string of the molecule is Cc1cc2nc3c(=O)nc([O-])nc-3n(C[C@H](O)[C@H](O)[C@H](O)COP(=O)([O-])OP(=O)([O-])OC[C@H]3O[C@@H](n4cnc5c(N)ncnc54)[C@H](O)[C@@H]3O)c2cc1C. The zero-order valence-corrected chi connectivity index (χ0v) is 29.1. The van der Waals surface area contributed by atoms with Gasteiger partial charge in [0.25, 0.3) is 21.2 Å². The minimum absolute atomic E-state index is 0.0142. The highest BCUT2D eigenvalue weighted by molar-refractivity contribution is 7.59. The van der Waals surface area contributed by atoms with Gasteiger partial charge in [-0.2, -0.15) is 0 Å². The van der Waals surface area contributed by atoms with Gasteiger partial charge >= 0.3 is 0 Å². The summed E-state index contributed by atoms with van der Waals surface area (Å²) in [4.78, 5) is 60.2. The van der Waals surface area contributed by atoms with Gasteiger partial charge in [-0.25, -0.2) is 34.2 Å². The Hall–Kier alpha value is -4.13. The van der Waals surface area contributed by atoms with E-state index in [-0.39, 0.29) is 39.5 Å². The highest BCUT2D eigenvalue weighted by Crippen LogP contribution is 2.56. The van der Waals surface area contributed by atoms with Crippen LogP contribution in [-0.4, -0.2) is 114 Å². The molecule has 2 aromatic heterocycles. The molecule has 5 heterocycles. The molecular formula is C27H30N9O15P2-3. The Morgan fingerprint density at radius 1 is 0.981 bits per heavy atom. The van der Waals surface area contributed by atoms with Gasteiger partial charge in [0.1, 0.15) is 48.5 Å². The van der Waals surface area contributed by atoms with Crippen LogP contribution < -0.4 is 26.2 Å². The average molecular weight is 783 g/mol. The van der Waals surface area contributed by atoms with Crippen molar-refractivity contribution in [3.8, 4) is 17.5 Å². The summed E-state index contributed by atoms with van der Waals surface area (Å²) >= 11 is 0. The molecule has 7 N–H and O–H groups in total. The van der Waals surface area contributed by atoms with Crippen LogP contribution in [-0.2, 0) is 33.8 Å². The van der Waals surface area contributed by atoms with Crippen molar-refractivity contribution in [2.24, 2.45) is 0 Å². The number of aliphatic hydroxyl groups excluding tert-OH is 5. The van der Waals surface area contributed by atoms with Gasteiger partial charge in [-0.3, -0.25) is 18.5 Å². The van der Waals surface area contributed by atoms with Crippen LogP contribution >= 0.6 is 15.6 Å². The van der Waals surface area contributed by atoms with Gasteiger partial charge in [-0.15, -0.1) is 0 Å². The summed E-state index contributed by atoms with van der Waals surface area (Å²) in [5.74, 6) is -0.276. The lowest BCUT2D eigenvalue weighted by molar-refractivity contribution is -0.282. The van der Waals surface area contributed by atoms with E-state index in [0.717, 1.165) is 17.5 Å². The predicted molar refractivity (Wildman–Crippen MR) is 169 cm³/mol. The van der Waals surface area contributed by atoms with Crippen LogP contribution in [0.2, 0.25) is 0 Å². The molecule has 6 rings (SSSR count). The number of aliphatic hydroxyl groups is 5. The fourth-order valence-electron chi connectivity index (χ4n) is 5.51. The second-order valence-electron chi connectivity index (χ2n) is 12.0. The van der Waals surface area contributed by atoms with Crippen LogP contribution in [0, 0.1) is 13.8 Å². The van der Waals surface area contributed by atoms with E-state index in [1.807, 2.05) is 0 Å². The molecule has 2 unspecified atom stereocenters. The van der Waals surface area contributed by atoms with Crippen molar-refractivity contribution in [3.63, 3.8) is 0 Å². The number of hydrogen-bond donors (Lipinski definition) is 6. The van der Waals surface area contributed by atoms with E-state index in [9.17, 15) is 54.4 Å². The molecule has 0 bridgehead atoms. The number of aryl methyl sites for hydroxylation is 2. The second kappa shape index (κ2) is 14.6. The Balaban J connectivity index is 1.07. The summed E-state index contributed by atoms with van der Waals surface area (Å²) < 4.78 is 45.6. The molecule has 0 saturated carbocycles. The Morgan fingerprint density at radius 2 is 1.68 bits per heavy atom. The number of fused-ring (bicyclic) bond motifs is 3. The molecule has 3 aliphatic heterocycles. The standard InChI is InChI=1S/C27H33N9O15P2/c1-10-3-12-13(4-11(10)2)35(24-18(32-12)25(42)34-27(43)33-24)5-14(37)19(39)15(38)6-48-52(44,45)51-53(46,47)49-7-16-20(40)21(41)26(50-16)36-9-31-17-22(28)29-8-30-23(17)36/h3-4,8-9,14-16,19-21,26,37-41H,5-7H2,1-2H3,(H,44,45)(H,46,47)(H2,28,29,30)(H,34,42,43)/p-3/t14-,15+,16+,19-,20+,21+,26+/m0/s1. The smallest absolute Gasteiger partial charge is 0.300 e. The molecule has 286 valence electrons. The first-order valence-electron chi connectivity index (χ1n) is 15.3. The number of nitrogens with two attached hydrogens (primary N) is 1. The predicted octanol–water partition coefficient (Wildman–Crippen LogP) is -3.91. The van der Waals surface area contributed by atoms with Crippen molar-refractivity contribution < 1.29 is 67.7 Å². The van der Waals surface area contributed by atoms with E-state index in [0.29, 0.717) is 0 Å². The molecular weight excluding hydrogens is 752 g/mol. The van der Waals surface area contributed by atoms with Crippen molar-refractivity contribution in [3.05, 3.63) is 46.3 Å². The molecule has 3 aromatic rings. The number of aromatic nitrogens is 8. The first kappa shape index (κ1) is 38.6. The fraction of sp³-hybridized carbons (Fsp3) is 0.444. The van der Waals surface area contributed by atoms with E-state index < -0.39 is 89.8 Å². The monoisotopic (exact) mass is 782 g/mol. The minimum Gasteiger partial charge on any atom is -0.844 e. The van der Waals surface area contributed by atoms with Crippen molar-refractivity contribution in [1.82, 2.24) is 39.0 Å². The normalized spacial score (nSPS) is 23.3. The van der Waals surface area contributed by atoms with Crippen LogP contribution in [0.15, 0.2) is 29.6 Å². The van der Waals surface area contributed by atoms with E-state index in [1.165, 1.54) is 15.5 Å². The summed E-state index contributed by atoms with van der Waals surface area (Å²) in [5.41, 5.74) is 6.75. The summed E-state index contributed by atoms with van der Waals surface area (Å²) in [6.45, 7) is 0.535. The molecule has 0 spiro atoms. The van der Waals surface area contributed by atoms with Crippen LogP contribution in [0.25, 0.3) is 33.7 Å². The van der Waals surface area contributed by atoms with Crippen molar-refractivity contribution in [1.29, 1.82) is 0 Å². The van der Waals surface area contributed by atoms with Gasteiger partial charge in [0, 0.05) is 0 Å². The number of phosphoric ester groups is 2. The van der Waals surface area contributed by atoms with E-state index in [1.54, 1.807) is 26.0 Å². The van der Waals surface area contributed by atoms with E-state index in [4.69, 9.17) is 10.5 Å². The number of ether oxygens (including phenoxy) is 1. The number of rotatable bonds is 13. The largest absolute Gasteiger partial charge is 0.844 e. The molecule has 24 nitrogen and oxygen atoms in total. The first-order chi connectivity index (χ1) is 24.9. The van der Waals surface area contributed by atoms with Gasteiger partial charge in [0.2, 0.25) is 0 Å². The third kappa shape index (κ3) is 7.91. The summed E-state index contributed by atoms with van der Waals surface area (Å²) in [6.07, 6.45) is -10.3. The Bertz CT molecular complexity index is 2290. The average Bonchev–Trinajstić information content (AvgIpc) is 3.63. The number of nitrogen functional groups attached to an aromatic ring is 1. The lowest BCUT2D eigenvalue weighted by atomic mass is 10.1. The molecule has 53 heavy (non-hydrogen) atoms. The Kier molecular flexibility index (Phi) is 10.6. The third-order valence-electron chi connectivity index (χ3n) is 8.34.